The van der Waals surface area contributed by atoms with Gasteiger partial charge in [0.2, 0.25) is 0 Å². The first-order valence-electron chi connectivity index (χ1n) is 11.4. The monoisotopic (exact) mass is 393 g/mol. The second-order valence-corrected chi connectivity index (χ2v) is 8.82. The number of aromatic nitrogens is 1. The van der Waals surface area contributed by atoms with Crippen molar-refractivity contribution in [3.05, 3.63) is 48.3 Å². The summed E-state index contributed by atoms with van der Waals surface area (Å²) < 4.78 is 18.8. The van der Waals surface area contributed by atoms with Crippen molar-refractivity contribution in [3.8, 4) is 17.2 Å². The van der Waals surface area contributed by atoms with E-state index in [1.165, 1.54) is 69.8 Å². The van der Waals surface area contributed by atoms with Gasteiger partial charge < -0.3 is 14.2 Å². The van der Waals surface area contributed by atoms with Crippen LogP contribution in [0.4, 0.5) is 0 Å². The molecule has 29 heavy (non-hydrogen) atoms. The lowest BCUT2D eigenvalue weighted by Gasteiger charge is -2.51. The van der Waals surface area contributed by atoms with Crippen molar-refractivity contribution in [2.45, 2.75) is 69.8 Å². The van der Waals surface area contributed by atoms with Crippen molar-refractivity contribution >= 4 is 0 Å². The van der Waals surface area contributed by atoms with Crippen LogP contribution < -0.4 is 9.47 Å². The van der Waals surface area contributed by atoms with Gasteiger partial charge in [-0.3, -0.25) is 4.98 Å². The molecule has 1 aliphatic heterocycles. The minimum absolute atomic E-state index is 0.233. The van der Waals surface area contributed by atoms with E-state index in [1.807, 2.05) is 18.2 Å². The number of hydrogen-bond acceptors (Lipinski definition) is 4. The third-order valence-corrected chi connectivity index (χ3v) is 7.18. The number of hydrogen-bond donors (Lipinski definition) is 0. The van der Waals surface area contributed by atoms with Gasteiger partial charge in [0.25, 0.3) is 0 Å². The van der Waals surface area contributed by atoms with Crippen LogP contribution in [-0.2, 0) is 10.3 Å². The van der Waals surface area contributed by atoms with E-state index in [2.05, 4.69) is 17.1 Å². The van der Waals surface area contributed by atoms with E-state index in [0.29, 0.717) is 18.6 Å². The van der Waals surface area contributed by atoms with Gasteiger partial charge in [-0.1, -0.05) is 38.5 Å². The second kappa shape index (κ2) is 8.35. The van der Waals surface area contributed by atoms with Crippen LogP contribution in [0.3, 0.4) is 0 Å². The average Bonchev–Trinajstić information content (AvgIpc) is 2.80. The van der Waals surface area contributed by atoms with Gasteiger partial charge in [0, 0.05) is 11.8 Å². The zero-order chi connectivity index (χ0) is 19.5. The van der Waals surface area contributed by atoms with Crippen LogP contribution in [0.5, 0.6) is 17.2 Å². The van der Waals surface area contributed by atoms with Gasteiger partial charge >= 0.3 is 0 Å². The van der Waals surface area contributed by atoms with Gasteiger partial charge in [-0.15, -0.1) is 0 Å². The van der Waals surface area contributed by atoms with Crippen LogP contribution in [0.1, 0.15) is 69.8 Å². The van der Waals surface area contributed by atoms with E-state index in [1.54, 1.807) is 12.4 Å². The molecule has 0 amide bonds. The molecule has 2 aliphatic carbocycles. The predicted molar refractivity (Wildman–Crippen MR) is 112 cm³/mol. The molecule has 4 nitrogen and oxygen atoms in total. The summed E-state index contributed by atoms with van der Waals surface area (Å²) in [5.74, 6) is 3.70. The van der Waals surface area contributed by atoms with Gasteiger partial charge in [0.05, 0.1) is 6.20 Å². The zero-order valence-electron chi connectivity index (χ0n) is 17.1. The maximum atomic E-state index is 6.69. The smallest absolute Gasteiger partial charge is 0.190 e. The van der Waals surface area contributed by atoms with Crippen molar-refractivity contribution in [2.75, 3.05) is 6.79 Å². The lowest BCUT2D eigenvalue weighted by molar-refractivity contribution is -0.202. The fourth-order valence-electron chi connectivity index (χ4n) is 5.89. The van der Waals surface area contributed by atoms with Gasteiger partial charge in [-0.2, -0.15) is 0 Å². The Morgan fingerprint density at radius 3 is 2.24 bits per heavy atom. The average molecular weight is 394 g/mol. The Balaban J connectivity index is 1.56. The first-order chi connectivity index (χ1) is 14.4. The molecule has 0 N–H and O–H groups in total. The molecule has 1 aromatic carbocycles. The van der Waals surface area contributed by atoms with Gasteiger partial charge in [0.15, 0.2) is 6.79 Å². The fraction of sp³-hybridized carbons (Fsp3) is 0.560. The molecule has 4 heteroatoms. The summed E-state index contributed by atoms with van der Waals surface area (Å²) in [5.41, 5.74) is 0.979. The van der Waals surface area contributed by atoms with Gasteiger partial charge in [0.1, 0.15) is 22.8 Å². The zero-order valence-corrected chi connectivity index (χ0v) is 17.1. The van der Waals surface area contributed by atoms with Crippen molar-refractivity contribution < 1.29 is 14.2 Å². The Bertz CT molecular complexity index is 792. The molecule has 0 radical (unpaired) electrons. The summed E-state index contributed by atoms with van der Waals surface area (Å²) in [6, 6.07) is 10.1. The summed E-state index contributed by atoms with van der Waals surface area (Å²) in [7, 11) is 0. The molecule has 2 aromatic rings. The Morgan fingerprint density at radius 1 is 0.862 bits per heavy atom. The van der Waals surface area contributed by atoms with E-state index >= 15 is 0 Å². The molecule has 0 spiro atoms. The first-order valence-corrected chi connectivity index (χ1v) is 11.4. The number of rotatable bonds is 4. The number of ether oxygens (including phenoxy) is 3. The quantitative estimate of drug-likeness (QED) is 0.587. The molecule has 0 unspecified atom stereocenters. The molecule has 0 bridgehead atoms. The van der Waals surface area contributed by atoms with Crippen LogP contribution in [0.15, 0.2) is 42.7 Å². The molecular weight excluding hydrogens is 362 g/mol. The van der Waals surface area contributed by atoms with E-state index in [-0.39, 0.29) is 5.60 Å². The SMILES string of the molecule is c1cncc(Oc2ccc3c(c2)C(C2CCCCC2)(C2CCCCC2)OCO3)c1. The van der Waals surface area contributed by atoms with Crippen molar-refractivity contribution in [1.29, 1.82) is 0 Å². The molecule has 2 saturated carbocycles. The number of benzene rings is 1. The van der Waals surface area contributed by atoms with E-state index in [9.17, 15) is 0 Å². The number of nitrogens with zero attached hydrogens (tertiary/aromatic N) is 1. The Kier molecular flexibility index (Phi) is 5.45. The van der Waals surface area contributed by atoms with Crippen LogP contribution in [0, 0.1) is 11.8 Å². The summed E-state index contributed by atoms with van der Waals surface area (Å²) >= 11 is 0. The lowest BCUT2D eigenvalue weighted by atomic mass is 9.63. The van der Waals surface area contributed by atoms with Crippen LogP contribution in [0.25, 0.3) is 0 Å². The maximum absolute atomic E-state index is 6.69. The van der Waals surface area contributed by atoms with Crippen molar-refractivity contribution in [3.63, 3.8) is 0 Å². The maximum Gasteiger partial charge on any atom is 0.190 e. The minimum atomic E-state index is -0.233. The second-order valence-electron chi connectivity index (χ2n) is 8.82. The molecule has 3 aliphatic rings. The molecule has 0 atom stereocenters. The lowest BCUT2D eigenvalue weighted by Crippen LogP contribution is -2.49. The van der Waals surface area contributed by atoms with E-state index in [0.717, 1.165) is 17.2 Å². The van der Waals surface area contributed by atoms with Crippen LogP contribution in [0.2, 0.25) is 0 Å². The third kappa shape index (κ3) is 3.63. The summed E-state index contributed by atoms with van der Waals surface area (Å²) in [6.07, 6.45) is 16.5. The Hall–Kier alpha value is -2.07. The molecule has 5 rings (SSSR count). The van der Waals surface area contributed by atoms with Crippen LogP contribution in [-0.4, -0.2) is 11.8 Å². The largest absolute Gasteiger partial charge is 0.467 e. The number of pyridine rings is 1. The van der Waals surface area contributed by atoms with Crippen LogP contribution >= 0.6 is 0 Å². The normalized spacial score (nSPS) is 22.5. The van der Waals surface area contributed by atoms with Gasteiger partial charge in [-0.25, -0.2) is 0 Å². The van der Waals surface area contributed by atoms with Crippen molar-refractivity contribution in [1.82, 2.24) is 4.98 Å². The summed E-state index contributed by atoms with van der Waals surface area (Å²) in [5, 5.41) is 0. The number of fused-ring (bicyclic) bond motifs is 1. The third-order valence-electron chi connectivity index (χ3n) is 7.18. The van der Waals surface area contributed by atoms with E-state index in [4.69, 9.17) is 14.2 Å². The van der Waals surface area contributed by atoms with E-state index < -0.39 is 0 Å². The summed E-state index contributed by atoms with van der Waals surface area (Å²) in [4.78, 5) is 4.17. The predicted octanol–water partition coefficient (Wildman–Crippen LogP) is 6.60. The van der Waals surface area contributed by atoms with Gasteiger partial charge in [-0.05, 0) is 67.9 Å². The molecular formula is C25H31NO3. The highest BCUT2D eigenvalue weighted by atomic mass is 16.7. The highest BCUT2D eigenvalue weighted by Crippen LogP contribution is 2.55. The molecule has 1 aromatic heterocycles. The molecule has 2 fully saturated rings. The standard InChI is InChI=1S/C25H31NO3/c1-3-8-19(9-4-1)25(20-10-5-2-6-11-20)23-16-21(13-14-24(23)27-18-28-25)29-22-12-7-15-26-17-22/h7,12-17,19-20H,1-6,8-11,18H2. The Morgan fingerprint density at radius 2 is 1.59 bits per heavy atom. The Labute approximate surface area is 173 Å². The molecule has 154 valence electrons. The fourth-order valence-corrected chi connectivity index (χ4v) is 5.89. The highest BCUT2D eigenvalue weighted by molar-refractivity contribution is 5.47. The first kappa shape index (κ1) is 18.9. The minimum Gasteiger partial charge on any atom is -0.467 e. The molecule has 2 heterocycles. The topological polar surface area (TPSA) is 40.6 Å². The van der Waals surface area contributed by atoms with Crippen molar-refractivity contribution in [2.24, 2.45) is 11.8 Å². The highest BCUT2D eigenvalue weighted by Gasteiger charge is 2.51. The molecule has 0 saturated heterocycles. The summed E-state index contributed by atoms with van der Waals surface area (Å²) in [6.45, 7) is 0.364.